The van der Waals surface area contributed by atoms with E-state index in [-0.39, 0.29) is 11.4 Å². The summed E-state index contributed by atoms with van der Waals surface area (Å²) in [5, 5.41) is 0. The van der Waals surface area contributed by atoms with Crippen molar-refractivity contribution in [3.8, 4) is 0 Å². The fraction of sp³-hybridized carbons (Fsp3) is 0.0909. The van der Waals surface area contributed by atoms with E-state index in [0.717, 1.165) is 5.56 Å². The maximum atomic E-state index is 12.0. The molecule has 0 radical (unpaired) electrons. The van der Waals surface area contributed by atoms with Crippen molar-refractivity contribution in [1.29, 1.82) is 0 Å². The topological polar surface area (TPSA) is 72.0 Å². The van der Waals surface area contributed by atoms with Gasteiger partial charge in [0.2, 0.25) is 10.0 Å². The second-order valence-corrected chi connectivity index (χ2v) is 6.20. The van der Waals surface area contributed by atoms with Crippen LogP contribution in [0.2, 0.25) is 0 Å². The van der Waals surface area contributed by atoms with Gasteiger partial charge in [-0.05, 0) is 39.7 Å². The summed E-state index contributed by atoms with van der Waals surface area (Å²) < 4.78 is 27.1. The second kappa shape index (κ2) is 5.55. The molecular formula is C11H10BrN3O2S. The molecule has 0 saturated heterocycles. The molecular weight excluding hydrogens is 318 g/mol. The first-order valence-corrected chi connectivity index (χ1v) is 7.35. The van der Waals surface area contributed by atoms with E-state index in [9.17, 15) is 8.42 Å². The fourth-order valence-corrected chi connectivity index (χ4v) is 2.82. The molecule has 0 aliphatic carbocycles. The summed E-state index contributed by atoms with van der Waals surface area (Å²) >= 11 is 3.19. The number of pyridine rings is 2. The van der Waals surface area contributed by atoms with Gasteiger partial charge in [-0.2, -0.15) is 0 Å². The van der Waals surface area contributed by atoms with E-state index in [2.05, 4.69) is 30.6 Å². The Hall–Kier alpha value is -1.31. The highest BCUT2D eigenvalue weighted by molar-refractivity contribution is 9.10. The van der Waals surface area contributed by atoms with E-state index in [1.165, 1.54) is 18.5 Å². The van der Waals surface area contributed by atoms with Gasteiger partial charge in [0.1, 0.15) is 4.90 Å². The second-order valence-electron chi connectivity index (χ2n) is 3.52. The van der Waals surface area contributed by atoms with Crippen LogP contribution in [0.15, 0.2) is 52.4 Å². The molecule has 0 spiro atoms. The molecule has 2 heterocycles. The van der Waals surface area contributed by atoms with Crippen LogP contribution in [0.4, 0.5) is 0 Å². The zero-order chi connectivity index (χ0) is 13.0. The van der Waals surface area contributed by atoms with Crippen molar-refractivity contribution >= 4 is 26.0 Å². The Bertz CT molecular complexity index is 632. The molecule has 0 fully saturated rings. The average molecular weight is 328 g/mol. The van der Waals surface area contributed by atoms with Gasteiger partial charge in [-0.25, -0.2) is 13.1 Å². The summed E-state index contributed by atoms with van der Waals surface area (Å²) in [4.78, 5) is 7.83. The lowest BCUT2D eigenvalue weighted by Gasteiger charge is -2.06. The van der Waals surface area contributed by atoms with E-state index >= 15 is 0 Å². The molecule has 2 aromatic rings. The van der Waals surface area contributed by atoms with Crippen LogP contribution in [0.5, 0.6) is 0 Å². The predicted molar refractivity (Wildman–Crippen MR) is 70.2 cm³/mol. The lowest BCUT2D eigenvalue weighted by Crippen LogP contribution is -2.23. The molecule has 0 unspecified atom stereocenters. The Labute approximate surface area is 113 Å². The molecule has 0 atom stereocenters. The van der Waals surface area contributed by atoms with Crippen molar-refractivity contribution in [2.24, 2.45) is 0 Å². The molecule has 2 rings (SSSR count). The number of rotatable bonds is 4. The minimum Gasteiger partial charge on any atom is -0.265 e. The van der Waals surface area contributed by atoms with Crippen LogP contribution in [0.3, 0.4) is 0 Å². The van der Waals surface area contributed by atoms with Gasteiger partial charge in [-0.15, -0.1) is 0 Å². The summed E-state index contributed by atoms with van der Waals surface area (Å²) in [6, 6.07) is 5.01. The number of aromatic nitrogens is 2. The molecule has 0 aliphatic rings. The summed E-state index contributed by atoms with van der Waals surface area (Å²) in [5.74, 6) is 0. The monoisotopic (exact) mass is 327 g/mol. The Morgan fingerprint density at radius 1 is 1.17 bits per heavy atom. The third kappa shape index (κ3) is 3.34. The minimum absolute atomic E-state index is 0.130. The minimum atomic E-state index is -3.54. The van der Waals surface area contributed by atoms with Crippen LogP contribution in [0.1, 0.15) is 5.56 Å². The maximum Gasteiger partial charge on any atom is 0.242 e. The number of hydrogen-bond acceptors (Lipinski definition) is 4. The van der Waals surface area contributed by atoms with Gasteiger partial charge < -0.3 is 0 Å². The molecule has 1 N–H and O–H groups in total. The number of nitrogens with one attached hydrogen (secondary N) is 1. The highest BCUT2D eigenvalue weighted by Gasteiger charge is 2.14. The fourth-order valence-electron chi connectivity index (χ4n) is 1.30. The van der Waals surface area contributed by atoms with E-state index in [4.69, 9.17) is 0 Å². The summed E-state index contributed by atoms with van der Waals surface area (Å²) in [5.41, 5.74) is 0.844. The molecule has 2 aromatic heterocycles. The molecule has 0 bridgehead atoms. The van der Waals surface area contributed by atoms with Gasteiger partial charge in [0.05, 0.1) is 0 Å². The van der Waals surface area contributed by atoms with Crippen molar-refractivity contribution in [3.05, 3.63) is 53.0 Å². The lowest BCUT2D eigenvalue weighted by molar-refractivity contribution is 0.581. The standard InChI is InChI=1S/C11H10BrN3O2S/c12-10-5-11(8-14-7-10)18(16,17)15-6-9-1-3-13-4-2-9/h1-5,7-8,15H,6H2. The molecule has 0 aromatic carbocycles. The van der Waals surface area contributed by atoms with Crippen LogP contribution in [-0.4, -0.2) is 18.4 Å². The van der Waals surface area contributed by atoms with E-state index in [1.807, 2.05) is 0 Å². The number of nitrogens with zero attached hydrogens (tertiary/aromatic N) is 2. The zero-order valence-electron chi connectivity index (χ0n) is 9.25. The molecule has 7 heteroatoms. The van der Waals surface area contributed by atoms with Crippen molar-refractivity contribution < 1.29 is 8.42 Å². The Kier molecular flexibility index (Phi) is 4.05. The number of halogens is 1. The maximum absolute atomic E-state index is 12.0. The van der Waals surface area contributed by atoms with E-state index in [0.29, 0.717) is 4.47 Å². The SMILES string of the molecule is O=S(=O)(NCc1ccncc1)c1cncc(Br)c1. The molecule has 94 valence electrons. The smallest absolute Gasteiger partial charge is 0.242 e. The first kappa shape index (κ1) is 13.1. The molecule has 0 amide bonds. The van der Waals surface area contributed by atoms with Crippen molar-refractivity contribution in [1.82, 2.24) is 14.7 Å². The van der Waals surface area contributed by atoms with E-state index < -0.39 is 10.0 Å². The summed E-state index contributed by atoms with van der Waals surface area (Å²) in [6.07, 6.45) is 6.07. The van der Waals surface area contributed by atoms with Gasteiger partial charge in [0.25, 0.3) is 0 Å². The van der Waals surface area contributed by atoms with Crippen LogP contribution in [-0.2, 0) is 16.6 Å². The van der Waals surface area contributed by atoms with E-state index in [1.54, 1.807) is 24.5 Å². The van der Waals surface area contributed by atoms with Gasteiger partial charge in [-0.1, -0.05) is 0 Å². The molecule has 0 saturated carbocycles. The van der Waals surface area contributed by atoms with Crippen LogP contribution < -0.4 is 4.72 Å². The highest BCUT2D eigenvalue weighted by Crippen LogP contribution is 2.14. The molecule has 0 aliphatic heterocycles. The highest BCUT2D eigenvalue weighted by atomic mass is 79.9. The first-order chi connectivity index (χ1) is 8.58. The van der Waals surface area contributed by atoms with Crippen molar-refractivity contribution in [3.63, 3.8) is 0 Å². The van der Waals surface area contributed by atoms with Crippen molar-refractivity contribution in [2.75, 3.05) is 0 Å². The quantitative estimate of drug-likeness (QED) is 0.928. The van der Waals surface area contributed by atoms with Crippen molar-refractivity contribution in [2.45, 2.75) is 11.4 Å². The lowest BCUT2D eigenvalue weighted by atomic mass is 10.3. The summed E-state index contributed by atoms with van der Waals surface area (Å²) in [6.45, 7) is 0.220. The average Bonchev–Trinajstić information content (AvgIpc) is 2.38. The van der Waals surface area contributed by atoms with Crippen LogP contribution >= 0.6 is 15.9 Å². The van der Waals surface area contributed by atoms with Gasteiger partial charge >= 0.3 is 0 Å². The Morgan fingerprint density at radius 2 is 1.89 bits per heavy atom. The third-order valence-electron chi connectivity index (χ3n) is 2.21. The Balaban J connectivity index is 2.13. The van der Waals surface area contributed by atoms with Crippen LogP contribution in [0.25, 0.3) is 0 Å². The zero-order valence-corrected chi connectivity index (χ0v) is 11.6. The van der Waals surface area contributed by atoms with Gasteiger partial charge in [-0.3, -0.25) is 9.97 Å². The molecule has 18 heavy (non-hydrogen) atoms. The molecule has 5 nitrogen and oxygen atoms in total. The predicted octanol–water partition coefficient (Wildman–Crippen LogP) is 1.72. The normalized spacial score (nSPS) is 11.4. The van der Waals surface area contributed by atoms with Crippen LogP contribution in [0, 0.1) is 0 Å². The van der Waals surface area contributed by atoms with Gasteiger partial charge in [0.15, 0.2) is 0 Å². The number of hydrogen-bond donors (Lipinski definition) is 1. The largest absolute Gasteiger partial charge is 0.265 e. The van der Waals surface area contributed by atoms with Gasteiger partial charge in [0, 0.05) is 35.8 Å². The summed E-state index contributed by atoms with van der Waals surface area (Å²) in [7, 11) is -3.54. The third-order valence-corrected chi connectivity index (χ3v) is 4.01. The first-order valence-electron chi connectivity index (χ1n) is 5.07. The number of sulfonamides is 1. The Morgan fingerprint density at radius 3 is 2.56 bits per heavy atom.